The fraction of sp³-hybridized carbons (Fsp3) is 0.0500. The van der Waals surface area contributed by atoms with Crippen LogP contribution < -0.4 is 15.4 Å². The predicted octanol–water partition coefficient (Wildman–Crippen LogP) is 3.59. The highest BCUT2D eigenvalue weighted by molar-refractivity contribution is 6.06. The number of hydrogen-bond acceptors (Lipinski definition) is 4. The van der Waals surface area contributed by atoms with Gasteiger partial charge in [-0.05, 0) is 42.5 Å². The molecule has 0 unspecified atom stereocenters. The van der Waals surface area contributed by atoms with Gasteiger partial charge in [0.25, 0.3) is 11.8 Å². The van der Waals surface area contributed by atoms with Crippen LogP contribution in [0, 0.1) is 0 Å². The number of anilines is 2. The fourth-order valence-electron chi connectivity index (χ4n) is 2.28. The van der Waals surface area contributed by atoms with Gasteiger partial charge in [-0.3, -0.25) is 9.59 Å². The molecule has 26 heavy (non-hydrogen) atoms. The molecule has 3 aromatic rings. The third-order valence-corrected chi connectivity index (χ3v) is 3.64. The molecule has 0 bridgehead atoms. The number of methoxy groups -OCH3 is 1. The maximum atomic E-state index is 12.3. The molecule has 0 spiro atoms. The van der Waals surface area contributed by atoms with Crippen molar-refractivity contribution in [3.05, 3.63) is 84.1 Å². The largest absolute Gasteiger partial charge is 0.481 e. The van der Waals surface area contributed by atoms with Gasteiger partial charge in [-0.2, -0.15) is 0 Å². The van der Waals surface area contributed by atoms with Crippen molar-refractivity contribution in [2.75, 3.05) is 17.7 Å². The molecule has 0 saturated carbocycles. The van der Waals surface area contributed by atoms with Crippen molar-refractivity contribution in [3.63, 3.8) is 0 Å². The summed E-state index contributed by atoms with van der Waals surface area (Å²) in [4.78, 5) is 28.4. The van der Waals surface area contributed by atoms with E-state index in [1.165, 1.54) is 13.3 Å². The summed E-state index contributed by atoms with van der Waals surface area (Å²) < 4.78 is 4.98. The van der Waals surface area contributed by atoms with Gasteiger partial charge < -0.3 is 15.4 Å². The molecule has 2 aromatic carbocycles. The van der Waals surface area contributed by atoms with Crippen LogP contribution in [0.4, 0.5) is 11.4 Å². The number of carbonyl (C=O) groups excluding carboxylic acids is 2. The second kappa shape index (κ2) is 7.94. The number of hydrogen-bond donors (Lipinski definition) is 2. The van der Waals surface area contributed by atoms with Crippen molar-refractivity contribution >= 4 is 23.2 Å². The van der Waals surface area contributed by atoms with Crippen LogP contribution in [0.25, 0.3) is 0 Å². The first kappa shape index (κ1) is 17.2. The number of rotatable bonds is 5. The van der Waals surface area contributed by atoms with Crippen LogP contribution in [-0.4, -0.2) is 23.9 Å². The Balaban J connectivity index is 1.63. The standard InChI is InChI=1S/C20H17N3O3/c1-26-18-12-11-17(13-21-18)23-20(25)15-7-9-16(10-8-15)22-19(24)14-5-3-2-4-6-14/h2-13H,1H3,(H,22,24)(H,23,25). The number of amides is 2. The normalized spacial score (nSPS) is 10.0. The van der Waals surface area contributed by atoms with Crippen LogP contribution in [0.1, 0.15) is 20.7 Å². The van der Waals surface area contributed by atoms with Crippen LogP contribution in [0.5, 0.6) is 5.88 Å². The van der Waals surface area contributed by atoms with Crippen LogP contribution in [0.15, 0.2) is 72.9 Å². The SMILES string of the molecule is COc1ccc(NC(=O)c2ccc(NC(=O)c3ccccc3)cc2)cn1. The van der Waals surface area contributed by atoms with Gasteiger partial charge >= 0.3 is 0 Å². The Hall–Kier alpha value is -3.67. The first-order chi connectivity index (χ1) is 12.7. The molecule has 2 amide bonds. The minimum absolute atomic E-state index is 0.202. The summed E-state index contributed by atoms with van der Waals surface area (Å²) in [6, 6.07) is 19.0. The van der Waals surface area contributed by atoms with E-state index in [-0.39, 0.29) is 11.8 Å². The molecule has 0 radical (unpaired) electrons. The van der Waals surface area contributed by atoms with E-state index in [0.29, 0.717) is 28.4 Å². The molecule has 6 heteroatoms. The fourth-order valence-corrected chi connectivity index (χ4v) is 2.28. The number of pyridine rings is 1. The Morgan fingerprint density at radius 1 is 0.769 bits per heavy atom. The van der Waals surface area contributed by atoms with E-state index in [0.717, 1.165) is 0 Å². The monoisotopic (exact) mass is 347 g/mol. The zero-order chi connectivity index (χ0) is 18.4. The van der Waals surface area contributed by atoms with E-state index >= 15 is 0 Å². The lowest BCUT2D eigenvalue weighted by molar-refractivity contribution is 0.102. The summed E-state index contributed by atoms with van der Waals surface area (Å²) in [6.07, 6.45) is 1.52. The zero-order valence-electron chi connectivity index (χ0n) is 14.1. The molecule has 130 valence electrons. The van der Waals surface area contributed by atoms with Gasteiger partial charge in [0, 0.05) is 22.9 Å². The van der Waals surface area contributed by atoms with Crippen molar-refractivity contribution in [2.24, 2.45) is 0 Å². The summed E-state index contributed by atoms with van der Waals surface area (Å²) in [5.74, 6) is 0.00604. The number of benzene rings is 2. The van der Waals surface area contributed by atoms with Crippen molar-refractivity contribution < 1.29 is 14.3 Å². The van der Waals surface area contributed by atoms with Gasteiger partial charge in [0.2, 0.25) is 5.88 Å². The highest BCUT2D eigenvalue weighted by Crippen LogP contribution is 2.15. The maximum absolute atomic E-state index is 12.3. The average molecular weight is 347 g/mol. The smallest absolute Gasteiger partial charge is 0.255 e. The summed E-state index contributed by atoms with van der Waals surface area (Å²) in [5, 5.41) is 5.54. The second-order valence-electron chi connectivity index (χ2n) is 5.44. The number of aromatic nitrogens is 1. The van der Waals surface area contributed by atoms with E-state index < -0.39 is 0 Å². The van der Waals surface area contributed by atoms with Gasteiger partial charge in [0.05, 0.1) is 19.0 Å². The predicted molar refractivity (Wildman–Crippen MR) is 99.6 cm³/mol. The third kappa shape index (κ3) is 4.24. The van der Waals surface area contributed by atoms with E-state index in [1.54, 1.807) is 60.7 Å². The summed E-state index contributed by atoms with van der Waals surface area (Å²) in [5.41, 5.74) is 2.22. The lowest BCUT2D eigenvalue weighted by atomic mass is 10.1. The highest BCUT2D eigenvalue weighted by atomic mass is 16.5. The Morgan fingerprint density at radius 2 is 1.35 bits per heavy atom. The minimum atomic E-state index is -0.266. The van der Waals surface area contributed by atoms with E-state index in [2.05, 4.69) is 15.6 Å². The minimum Gasteiger partial charge on any atom is -0.481 e. The lowest BCUT2D eigenvalue weighted by Gasteiger charge is -2.08. The summed E-state index contributed by atoms with van der Waals surface area (Å²) in [6.45, 7) is 0. The molecule has 1 aromatic heterocycles. The van der Waals surface area contributed by atoms with Crippen molar-refractivity contribution in [1.29, 1.82) is 0 Å². The van der Waals surface area contributed by atoms with Gasteiger partial charge in [-0.1, -0.05) is 18.2 Å². The molecule has 0 saturated heterocycles. The zero-order valence-corrected chi connectivity index (χ0v) is 14.1. The van der Waals surface area contributed by atoms with Gasteiger partial charge in [-0.15, -0.1) is 0 Å². The van der Waals surface area contributed by atoms with Crippen LogP contribution in [0.3, 0.4) is 0 Å². The third-order valence-electron chi connectivity index (χ3n) is 3.64. The Labute approximate surface area is 150 Å². The average Bonchev–Trinajstić information content (AvgIpc) is 2.69. The van der Waals surface area contributed by atoms with E-state index in [9.17, 15) is 9.59 Å². The molecular weight excluding hydrogens is 330 g/mol. The Bertz CT molecular complexity index is 892. The molecule has 0 aliphatic rings. The first-order valence-corrected chi connectivity index (χ1v) is 7.93. The quantitative estimate of drug-likeness (QED) is 0.739. The first-order valence-electron chi connectivity index (χ1n) is 7.93. The van der Waals surface area contributed by atoms with Crippen molar-refractivity contribution in [3.8, 4) is 5.88 Å². The van der Waals surface area contributed by atoms with E-state index in [1.807, 2.05) is 6.07 Å². The molecule has 0 fully saturated rings. The number of nitrogens with one attached hydrogen (secondary N) is 2. The second-order valence-corrected chi connectivity index (χ2v) is 5.44. The van der Waals surface area contributed by atoms with Crippen molar-refractivity contribution in [2.45, 2.75) is 0 Å². The van der Waals surface area contributed by atoms with E-state index in [4.69, 9.17) is 4.74 Å². The molecule has 3 rings (SSSR count). The van der Waals surface area contributed by atoms with Crippen LogP contribution in [0.2, 0.25) is 0 Å². The molecule has 2 N–H and O–H groups in total. The van der Waals surface area contributed by atoms with Crippen LogP contribution >= 0.6 is 0 Å². The number of ether oxygens (including phenoxy) is 1. The van der Waals surface area contributed by atoms with Crippen molar-refractivity contribution in [1.82, 2.24) is 4.98 Å². The number of nitrogens with zero attached hydrogens (tertiary/aromatic N) is 1. The van der Waals surface area contributed by atoms with Gasteiger partial charge in [0.1, 0.15) is 0 Å². The highest BCUT2D eigenvalue weighted by Gasteiger charge is 2.08. The molecule has 1 heterocycles. The summed E-state index contributed by atoms with van der Waals surface area (Å²) in [7, 11) is 1.53. The molecule has 6 nitrogen and oxygen atoms in total. The summed E-state index contributed by atoms with van der Waals surface area (Å²) >= 11 is 0. The Kier molecular flexibility index (Phi) is 5.24. The molecule has 0 atom stereocenters. The maximum Gasteiger partial charge on any atom is 0.255 e. The van der Waals surface area contributed by atoms with Gasteiger partial charge in [0.15, 0.2) is 0 Å². The lowest BCUT2D eigenvalue weighted by Crippen LogP contribution is -2.13. The van der Waals surface area contributed by atoms with Gasteiger partial charge in [-0.25, -0.2) is 4.98 Å². The topological polar surface area (TPSA) is 80.3 Å². The Morgan fingerprint density at radius 3 is 1.92 bits per heavy atom. The molecule has 0 aliphatic heterocycles. The number of carbonyl (C=O) groups is 2. The molecular formula is C20H17N3O3. The molecule has 0 aliphatic carbocycles. The van der Waals surface area contributed by atoms with Crippen LogP contribution in [-0.2, 0) is 0 Å².